The first-order valence-electron chi connectivity index (χ1n) is 4.75. The molecular weight excluding hydrogens is 242 g/mol. The summed E-state index contributed by atoms with van der Waals surface area (Å²) in [6.07, 6.45) is 7.28. The maximum absolute atomic E-state index is 11.0. The highest BCUT2D eigenvalue weighted by atomic mass is 32.1. The standard InChI is InChI=1S/C10H9N3O3S/c14-8(15)7-3-1-2-4-10(7,16)13-12-9-11-5-6-17-9/h1-7,16H,(H,14,15). The Morgan fingerprint density at radius 3 is 3.00 bits per heavy atom. The fourth-order valence-corrected chi connectivity index (χ4v) is 1.82. The molecule has 1 aromatic rings. The van der Waals surface area contributed by atoms with Crippen LogP contribution in [0, 0.1) is 5.92 Å². The third-order valence-electron chi connectivity index (χ3n) is 2.19. The van der Waals surface area contributed by atoms with Crippen molar-refractivity contribution in [2.45, 2.75) is 5.72 Å². The number of thiazole rings is 1. The number of aromatic nitrogens is 1. The summed E-state index contributed by atoms with van der Waals surface area (Å²) >= 11 is 1.25. The number of rotatable bonds is 3. The summed E-state index contributed by atoms with van der Waals surface area (Å²) in [5.41, 5.74) is -1.85. The van der Waals surface area contributed by atoms with Gasteiger partial charge in [-0.3, -0.25) is 4.79 Å². The smallest absolute Gasteiger partial charge is 0.315 e. The minimum Gasteiger partial charge on any atom is -0.481 e. The van der Waals surface area contributed by atoms with E-state index in [0.29, 0.717) is 5.13 Å². The van der Waals surface area contributed by atoms with Crippen LogP contribution < -0.4 is 0 Å². The van der Waals surface area contributed by atoms with Crippen molar-refractivity contribution >= 4 is 22.4 Å². The molecule has 0 bridgehead atoms. The van der Waals surface area contributed by atoms with E-state index in [1.165, 1.54) is 29.6 Å². The van der Waals surface area contributed by atoms with Gasteiger partial charge >= 0.3 is 5.97 Å². The van der Waals surface area contributed by atoms with Crippen LogP contribution in [-0.4, -0.2) is 26.9 Å². The van der Waals surface area contributed by atoms with Crippen LogP contribution in [0.15, 0.2) is 46.1 Å². The highest BCUT2D eigenvalue weighted by molar-refractivity contribution is 7.13. The van der Waals surface area contributed by atoms with Crippen molar-refractivity contribution < 1.29 is 15.0 Å². The lowest BCUT2D eigenvalue weighted by atomic mass is 9.92. The van der Waals surface area contributed by atoms with Crippen LogP contribution in [0.1, 0.15) is 0 Å². The number of carboxylic acids is 1. The molecule has 88 valence electrons. The molecule has 17 heavy (non-hydrogen) atoms. The Balaban J connectivity index is 2.25. The van der Waals surface area contributed by atoms with Gasteiger partial charge in [-0.1, -0.05) is 18.2 Å². The van der Waals surface area contributed by atoms with Crippen molar-refractivity contribution in [2.75, 3.05) is 0 Å². The highest BCUT2D eigenvalue weighted by Gasteiger charge is 2.39. The van der Waals surface area contributed by atoms with Gasteiger partial charge in [0.15, 0.2) is 0 Å². The van der Waals surface area contributed by atoms with Crippen molar-refractivity contribution in [1.82, 2.24) is 4.98 Å². The molecule has 0 saturated heterocycles. The van der Waals surface area contributed by atoms with E-state index < -0.39 is 17.6 Å². The predicted octanol–water partition coefficient (Wildman–Crippen LogP) is 1.74. The number of aliphatic hydroxyl groups is 1. The van der Waals surface area contributed by atoms with Gasteiger partial charge in [0.1, 0.15) is 5.92 Å². The number of nitrogens with zero attached hydrogens (tertiary/aromatic N) is 3. The minimum atomic E-state index is -1.85. The lowest BCUT2D eigenvalue weighted by Gasteiger charge is -2.24. The third-order valence-corrected chi connectivity index (χ3v) is 2.85. The van der Waals surface area contributed by atoms with Crippen LogP contribution >= 0.6 is 11.3 Å². The van der Waals surface area contributed by atoms with Crippen molar-refractivity contribution in [3.8, 4) is 0 Å². The molecule has 2 atom stereocenters. The van der Waals surface area contributed by atoms with Gasteiger partial charge in [0.05, 0.1) is 0 Å². The zero-order chi connectivity index (χ0) is 12.3. The van der Waals surface area contributed by atoms with Crippen molar-refractivity contribution in [3.05, 3.63) is 35.9 Å². The summed E-state index contributed by atoms with van der Waals surface area (Å²) in [5.74, 6) is -2.30. The summed E-state index contributed by atoms with van der Waals surface area (Å²) in [5, 5.41) is 28.5. The molecule has 1 aromatic heterocycles. The SMILES string of the molecule is O=C(O)C1C=CC=CC1(O)N=Nc1nccs1. The van der Waals surface area contributed by atoms with Crippen LogP contribution in [0.2, 0.25) is 0 Å². The predicted molar refractivity (Wildman–Crippen MR) is 61.0 cm³/mol. The van der Waals surface area contributed by atoms with Crippen LogP contribution in [0.5, 0.6) is 0 Å². The van der Waals surface area contributed by atoms with Crippen molar-refractivity contribution in [1.29, 1.82) is 0 Å². The monoisotopic (exact) mass is 251 g/mol. The summed E-state index contributed by atoms with van der Waals surface area (Å²) in [6.45, 7) is 0. The van der Waals surface area contributed by atoms with Crippen LogP contribution in [-0.2, 0) is 4.79 Å². The Morgan fingerprint density at radius 2 is 2.35 bits per heavy atom. The molecule has 0 aliphatic heterocycles. The van der Waals surface area contributed by atoms with E-state index in [9.17, 15) is 9.90 Å². The molecule has 0 aromatic carbocycles. The number of allylic oxidation sites excluding steroid dienone is 2. The average molecular weight is 251 g/mol. The first-order chi connectivity index (χ1) is 8.12. The van der Waals surface area contributed by atoms with Gasteiger partial charge in [0, 0.05) is 11.6 Å². The number of hydrogen-bond donors (Lipinski definition) is 2. The highest BCUT2D eigenvalue weighted by Crippen LogP contribution is 2.28. The average Bonchev–Trinajstić information content (AvgIpc) is 2.79. The maximum Gasteiger partial charge on any atom is 0.315 e. The Kier molecular flexibility index (Phi) is 3.12. The molecule has 2 rings (SSSR count). The molecule has 1 heterocycles. The molecule has 0 spiro atoms. The Bertz CT molecular complexity index is 495. The lowest BCUT2D eigenvalue weighted by molar-refractivity contribution is -0.146. The molecule has 0 amide bonds. The number of hydrogen-bond acceptors (Lipinski definition) is 6. The second-order valence-corrected chi connectivity index (χ2v) is 4.23. The van der Waals surface area contributed by atoms with E-state index in [1.807, 2.05) is 0 Å². The first kappa shape index (κ1) is 11.6. The van der Waals surface area contributed by atoms with Gasteiger partial charge in [0.25, 0.3) is 0 Å². The first-order valence-corrected chi connectivity index (χ1v) is 5.63. The van der Waals surface area contributed by atoms with E-state index in [4.69, 9.17) is 5.11 Å². The molecule has 0 radical (unpaired) electrons. The fourth-order valence-electron chi connectivity index (χ4n) is 1.37. The Hall–Kier alpha value is -1.86. The summed E-state index contributed by atoms with van der Waals surface area (Å²) in [7, 11) is 0. The zero-order valence-electron chi connectivity index (χ0n) is 8.59. The molecule has 6 nitrogen and oxygen atoms in total. The summed E-state index contributed by atoms with van der Waals surface area (Å²) < 4.78 is 0. The lowest BCUT2D eigenvalue weighted by Crippen LogP contribution is -2.38. The van der Waals surface area contributed by atoms with E-state index in [-0.39, 0.29) is 0 Å². The van der Waals surface area contributed by atoms with Gasteiger partial charge < -0.3 is 10.2 Å². The Labute approximate surface area is 101 Å². The molecule has 2 unspecified atom stereocenters. The quantitative estimate of drug-likeness (QED) is 0.800. The number of carboxylic acid groups (broad SMARTS) is 1. The van der Waals surface area contributed by atoms with Crippen LogP contribution in [0.25, 0.3) is 0 Å². The molecule has 0 fully saturated rings. The number of carbonyl (C=O) groups is 1. The second kappa shape index (κ2) is 4.56. The van der Waals surface area contributed by atoms with E-state index in [0.717, 1.165) is 0 Å². The molecular formula is C10H9N3O3S. The van der Waals surface area contributed by atoms with Gasteiger partial charge in [0.2, 0.25) is 10.9 Å². The van der Waals surface area contributed by atoms with Crippen molar-refractivity contribution in [2.24, 2.45) is 16.1 Å². The topological polar surface area (TPSA) is 95.1 Å². The Morgan fingerprint density at radius 1 is 1.53 bits per heavy atom. The summed E-state index contributed by atoms with van der Waals surface area (Å²) in [4.78, 5) is 14.8. The zero-order valence-corrected chi connectivity index (χ0v) is 9.41. The fraction of sp³-hybridized carbons (Fsp3) is 0.200. The minimum absolute atomic E-state index is 0.366. The van der Waals surface area contributed by atoms with E-state index >= 15 is 0 Å². The molecule has 0 saturated carbocycles. The second-order valence-electron chi connectivity index (χ2n) is 3.36. The largest absolute Gasteiger partial charge is 0.481 e. The van der Waals surface area contributed by atoms with E-state index in [2.05, 4.69) is 15.2 Å². The molecule has 1 aliphatic carbocycles. The van der Waals surface area contributed by atoms with Gasteiger partial charge in [-0.15, -0.1) is 21.6 Å². The molecule has 2 N–H and O–H groups in total. The van der Waals surface area contributed by atoms with Gasteiger partial charge in [-0.05, 0) is 6.08 Å². The summed E-state index contributed by atoms with van der Waals surface area (Å²) in [6, 6.07) is 0. The third kappa shape index (κ3) is 2.45. The van der Waals surface area contributed by atoms with Gasteiger partial charge in [-0.25, -0.2) is 4.98 Å². The van der Waals surface area contributed by atoms with Crippen LogP contribution in [0.4, 0.5) is 5.13 Å². The van der Waals surface area contributed by atoms with Crippen LogP contribution in [0.3, 0.4) is 0 Å². The van der Waals surface area contributed by atoms with Crippen molar-refractivity contribution in [3.63, 3.8) is 0 Å². The normalized spacial score (nSPS) is 27.7. The number of azo groups is 1. The maximum atomic E-state index is 11.0. The number of aliphatic carboxylic acids is 1. The molecule has 7 heteroatoms. The molecule has 1 aliphatic rings. The van der Waals surface area contributed by atoms with E-state index in [1.54, 1.807) is 17.7 Å². The van der Waals surface area contributed by atoms with Gasteiger partial charge in [-0.2, -0.15) is 0 Å².